The van der Waals surface area contributed by atoms with E-state index < -0.39 is 16.9 Å². The Morgan fingerprint density at radius 2 is 1.62 bits per heavy atom. The van der Waals surface area contributed by atoms with Gasteiger partial charge in [-0.05, 0) is 61.4 Å². The Morgan fingerprint density at radius 3 is 2.32 bits per heavy atom. The van der Waals surface area contributed by atoms with Gasteiger partial charge in [0, 0.05) is 62.2 Å². The highest BCUT2D eigenvalue weighted by Gasteiger charge is 2.44. The van der Waals surface area contributed by atoms with Crippen molar-refractivity contribution in [2.24, 2.45) is 5.41 Å². The molecule has 37 heavy (non-hydrogen) atoms. The number of nitrogens with zero attached hydrogens (tertiary/aromatic N) is 6. The third kappa shape index (κ3) is 5.18. The molecule has 1 N–H and O–H groups in total. The first-order valence-electron chi connectivity index (χ1n) is 12.8. The summed E-state index contributed by atoms with van der Waals surface area (Å²) in [7, 11) is -1.17. The standard InChI is InChI=1S/C26H31F2N7OS/c1-37(36)31-19-5-6-20(22(17-19)33-13-9-25(7-8-25)10-14-33)21-18-35(32-30-21)24-4-2-3-23(29-24)34-15-11-26(27,28)12-16-34/h2-6,17-18,31H,7-16H2,1H3. The molecule has 6 rings (SSSR count). The molecule has 2 saturated heterocycles. The number of halogens is 2. The highest BCUT2D eigenvalue weighted by atomic mass is 32.2. The minimum absolute atomic E-state index is 0.163. The maximum atomic E-state index is 13.6. The molecule has 11 heteroatoms. The van der Waals surface area contributed by atoms with E-state index >= 15 is 0 Å². The summed E-state index contributed by atoms with van der Waals surface area (Å²) in [6.07, 6.45) is 8.20. The van der Waals surface area contributed by atoms with Crippen LogP contribution in [0.1, 0.15) is 38.5 Å². The molecule has 196 valence electrons. The van der Waals surface area contributed by atoms with E-state index in [-0.39, 0.29) is 25.9 Å². The maximum absolute atomic E-state index is 13.6. The fourth-order valence-electron chi connectivity index (χ4n) is 5.42. The molecule has 1 spiro atoms. The number of alkyl halides is 2. The zero-order chi connectivity index (χ0) is 25.6. The summed E-state index contributed by atoms with van der Waals surface area (Å²) in [6, 6.07) is 11.5. The van der Waals surface area contributed by atoms with Crippen molar-refractivity contribution in [2.75, 3.05) is 47.0 Å². The first-order chi connectivity index (χ1) is 17.8. The van der Waals surface area contributed by atoms with E-state index in [1.54, 1.807) is 10.9 Å². The van der Waals surface area contributed by atoms with Gasteiger partial charge in [0.15, 0.2) is 5.82 Å². The van der Waals surface area contributed by atoms with E-state index in [9.17, 15) is 13.0 Å². The molecule has 0 radical (unpaired) electrons. The third-order valence-corrected chi connectivity index (χ3v) is 8.45. The number of aromatic nitrogens is 4. The van der Waals surface area contributed by atoms with Gasteiger partial charge in [-0.2, -0.15) is 0 Å². The van der Waals surface area contributed by atoms with Gasteiger partial charge in [0.25, 0.3) is 5.92 Å². The lowest BCUT2D eigenvalue weighted by Crippen LogP contribution is -2.39. The SMILES string of the molecule is CS(=O)Nc1ccc(-c2cn(-c3cccc(N4CCC(F)(F)CC4)n3)nn2)c(N2CCC3(CC2)CC3)c1. The second-order valence-electron chi connectivity index (χ2n) is 10.5. The summed E-state index contributed by atoms with van der Waals surface area (Å²) in [5.74, 6) is -1.35. The van der Waals surface area contributed by atoms with Crippen molar-refractivity contribution in [3.63, 3.8) is 0 Å². The first-order valence-corrected chi connectivity index (χ1v) is 14.4. The van der Waals surface area contributed by atoms with Gasteiger partial charge in [0.2, 0.25) is 0 Å². The molecule has 2 aromatic heterocycles. The van der Waals surface area contributed by atoms with Crippen molar-refractivity contribution < 1.29 is 13.0 Å². The molecule has 4 heterocycles. The van der Waals surface area contributed by atoms with Gasteiger partial charge < -0.3 is 14.5 Å². The first kappa shape index (κ1) is 24.3. The van der Waals surface area contributed by atoms with Crippen LogP contribution in [-0.4, -0.2) is 62.5 Å². The number of piperidine rings is 2. The van der Waals surface area contributed by atoms with Crippen LogP contribution >= 0.6 is 0 Å². The molecule has 8 nitrogen and oxygen atoms in total. The Labute approximate surface area is 217 Å². The Kier molecular flexibility index (Phi) is 6.13. The number of benzene rings is 1. The molecule has 3 aliphatic rings. The number of pyridine rings is 1. The lowest BCUT2D eigenvalue weighted by Gasteiger charge is -2.35. The summed E-state index contributed by atoms with van der Waals surface area (Å²) in [4.78, 5) is 8.98. The number of hydrogen-bond donors (Lipinski definition) is 1. The lowest BCUT2D eigenvalue weighted by atomic mass is 9.93. The van der Waals surface area contributed by atoms with Crippen LogP contribution in [0.3, 0.4) is 0 Å². The number of nitrogens with one attached hydrogen (secondary N) is 1. The lowest BCUT2D eigenvalue weighted by molar-refractivity contribution is -0.0221. The summed E-state index contributed by atoms with van der Waals surface area (Å²) >= 11 is 0. The zero-order valence-corrected chi connectivity index (χ0v) is 21.7. The van der Waals surface area contributed by atoms with Crippen LogP contribution in [0.25, 0.3) is 17.1 Å². The molecule has 2 aliphatic heterocycles. The van der Waals surface area contributed by atoms with E-state index in [0.717, 1.165) is 35.7 Å². The van der Waals surface area contributed by atoms with Crippen LogP contribution < -0.4 is 14.5 Å². The molecule has 1 aromatic carbocycles. The minimum atomic E-state index is -2.60. The molecule has 0 amide bonds. The monoisotopic (exact) mass is 527 g/mol. The quantitative estimate of drug-likeness (QED) is 0.503. The van der Waals surface area contributed by atoms with Gasteiger partial charge in [-0.3, -0.25) is 0 Å². The fraction of sp³-hybridized carbons (Fsp3) is 0.500. The van der Waals surface area contributed by atoms with E-state index in [1.807, 2.05) is 47.5 Å². The second-order valence-corrected chi connectivity index (χ2v) is 11.6. The topological polar surface area (TPSA) is 79.2 Å². The van der Waals surface area contributed by atoms with Crippen molar-refractivity contribution in [1.82, 2.24) is 20.0 Å². The molecular formula is C26H31F2N7OS. The number of anilines is 3. The molecule has 3 aromatic rings. The molecule has 1 aliphatic carbocycles. The average molecular weight is 528 g/mol. The van der Waals surface area contributed by atoms with Crippen LogP contribution in [0.2, 0.25) is 0 Å². The largest absolute Gasteiger partial charge is 0.371 e. The van der Waals surface area contributed by atoms with Crippen LogP contribution in [0.4, 0.5) is 26.0 Å². The van der Waals surface area contributed by atoms with Crippen LogP contribution in [-0.2, 0) is 11.0 Å². The number of hydrogen-bond acceptors (Lipinski definition) is 6. The zero-order valence-electron chi connectivity index (χ0n) is 20.9. The molecule has 1 saturated carbocycles. The fourth-order valence-corrected chi connectivity index (χ4v) is 5.87. The van der Waals surface area contributed by atoms with Gasteiger partial charge in [-0.25, -0.2) is 22.7 Å². The Morgan fingerprint density at radius 1 is 0.919 bits per heavy atom. The van der Waals surface area contributed by atoms with E-state index in [2.05, 4.69) is 19.9 Å². The average Bonchev–Trinajstić information content (AvgIpc) is 3.44. The van der Waals surface area contributed by atoms with Gasteiger partial charge in [0.1, 0.15) is 22.5 Å². The molecule has 3 fully saturated rings. The van der Waals surface area contributed by atoms with Crippen molar-refractivity contribution >= 4 is 28.2 Å². The van der Waals surface area contributed by atoms with Crippen molar-refractivity contribution in [3.8, 4) is 17.1 Å². The van der Waals surface area contributed by atoms with Gasteiger partial charge in [-0.1, -0.05) is 11.3 Å². The van der Waals surface area contributed by atoms with Crippen molar-refractivity contribution in [3.05, 3.63) is 42.6 Å². The molecule has 0 bridgehead atoms. The normalized spacial score (nSPS) is 21.2. The predicted octanol–water partition coefficient (Wildman–Crippen LogP) is 4.65. The summed E-state index contributed by atoms with van der Waals surface area (Å²) in [6.45, 7) is 2.52. The van der Waals surface area contributed by atoms with Gasteiger partial charge in [0.05, 0.1) is 6.20 Å². The van der Waals surface area contributed by atoms with E-state index in [0.29, 0.717) is 17.1 Å². The summed E-state index contributed by atoms with van der Waals surface area (Å²) in [5.41, 5.74) is 4.09. The van der Waals surface area contributed by atoms with E-state index in [1.165, 1.54) is 25.7 Å². The second kappa shape index (κ2) is 9.34. The van der Waals surface area contributed by atoms with Crippen molar-refractivity contribution in [2.45, 2.75) is 44.4 Å². The van der Waals surface area contributed by atoms with E-state index in [4.69, 9.17) is 4.98 Å². The highest BCUT2D eigenvalue weighted by Crippen LogP contribution is 2.54. The maximum Gasteiger partial charge on any atom is 0.251 e. The number of rotatable bonds is 6. The molecule has 1 unspecified atom stereocenters. The van der Waals surface area contributed by atoms with Gasteiger partial charge in [-0.15, -0.1) is 5.10 Å². The smallest absolute Gasteiger partial charge is 0.251 e. The van der Waals surface area contributed by atoms with Crippen LogP contribution in [0.15, 0.2) is 42.6 Å². The Balaban J connectivity index is 1.27. The summed E-state index contributed by atoms with van der Waals surface area (Å²) < 4.78 is 43.6. The minimum Gasteiger partial charge on any atom is -0.371 e. The van der Waals surface area contributed by atoms with Crippen LogP contribution in [0.5, 0.6) is 0 Å². The van der Waals surface area contributed by atoms with Gasteiger partial charge >= 0.3 is 0 Å². The Bertz CT molecular complexity index is 1310. The van der Waals surface area contributed by atoms with Crippen LogP contribution in [0, 0.1) is 5.41 Å². The van der Waals surface area contributed by atoms with Crippen molar-refractivity contribution in [1.29, 1.82) is 0 Å². The third-order valence-electron chi connectivity index (χ3n) is 7.92. The predicted molar refractivity (Wildman–Crippen MR) is 142 cm³/mol. The Hall–Kier alpha value is -3.08. The highest BCUT2D eigenvalue weighted by molar-refractivity contribution is 7.85. The molecule has 1 atom stereocenters. The molecular weight excluding hydrogens is 496 g/mol. The summed E-state index contributed by atoms with van der Waals surface area (Å²) in [5, 5.41) is 8.81.